The summed E-state index contributed by atoms with van der Waals surface area (Å²) in [7, 11) is 0. The number of benzene rings is 1. The van der Waals surface area contributed by atoms with Crippen LogP contribution in [-0.2, 0) is 13.0 Å². The summed E-state index contributed by atoms with van der Waals surface area (Å²) in [6, 6.07) is 11.7. The topological polar surface area (TPSA) is 30.7 Å². The standard InChI is InChI=1S/C15H13Cl2N3/c16-8-7-14-19-13-2-1-9-18-15(13)20(14)10-11-3-5-12(17)6-4-11/h1-6,9H,7-8,10H2. The number of aryl methyl sites for hydroxylation is 1. The first-order chi connectivity index (χ1) is 9.78. The maximum absolute atomic E-state index is 5.92. The summed E-state index contributed by atoms with van der Waals surface area (Å²) < 4.78 is 2.11. The van der Waals surface area contributed by atoms with Crippen LogP contribution in [0.5, 0.6) is 0 Å². The van der Waals surface area contributed by atoms with Crippen molar-refractivity contribution in [1.29, 1.82) is 0 Å². The highest BCUT2D eigenvalue weighted by molar-refractivity contribution is 6.30. The molecule has 0 aliphatic carbocycles. The Balaban J connectivity index is 2.04. The second-order valence-electron chi connectivity index (χ2n) is 4.53. The van der Waals surface area contributed by atoms with Gasteiger partial charge in [-0.05, 0) is 29.8 Å². The van der Waals surface area contributed by atoms with E-state index in [0.717, 1.165) is 40.5 Å². The Morgan fingerprint density at radius 3 is 2.65 bits per heavy atom. The summed E-state index contributed by atoms with van der Waals surface area (Å²) in [6.07, 6.45) is 2.51. The molecule has 0 radical (unpaired) electrons. The molecule has 0 saturated carbocycles. The molecular weight excluding hydrogens is 293 g/mol. The molecule has 0 unspecified atom stereocenters. The highest BCUT2D eigenvalue weighted by Crippen LogP contribution is 2.18. The fourth-order valence-electron chi connectivity index (χ4n) is 2.22. The van der Waals surface area contributed by atoms with Gasteiger partial charge < -0.3 is 4.57 Å². The molecule has 0 N–H and O–H groups in total. The number of hydrogen-bond donors (Lipinski definition) is 0. The van der Waals surface area contributed by atoms with Crippen LogP contribution in [0.1, 0.15) is 11.4 Å². The third-order valence-corrected chi connectivity index (χ3v) is 3.60. The van der Waals surface area contributed by atoms with E-state index in [1.54, 1.807) is 6.20 Å². The molecule has 0 fully saturated rings. The Labute approximate surface area is 127 Å². The predicted molar refractivity (Wildman–Crippen MR) is 82.5 cm³/mol. The van der Waals surface area contributed by atoms with Crippen molar-refractivity contribution in [3.05, 3.63) is 59.0 Å². The van der Waals surface area contributed by atoms with Crippen LogP contribution in [0.4, 0.5) is 0 Å². The van der Waals surface area contributed by atoms with Crippen molar-refractivity contribution in [1.82, 2.24) is 14.5 Å². The number of alkyl halides is 1. The Morgan fingerprint density at radius 2 is 1.90 bits per heavy atom. The van der Waals surface area contributed by atoms with Crippen LogP contribution in [0.2, 0.25) is 5.02 Å². The van der Waals surface area contributed by atoms with Gasteiger partial charge in [0.25, 0.3) is 0 Å². The van der Waals surface area contributed by atoms with Crippen LogP contribution in [0.3, 0.4) is 0 Å². The predicted octanol–water partition coefficient (Wildman–Crippen LogP) is 3.91. The van der Waals surface area contributed by atoms with Gasteiger partial charge in [-0.25, -0.2) is 9.97 Å². The van der Waals surface area contributed by atoms with Gasteiger partial charge in [-0.15, -0.1) is 11.6 Å². The quantitative estimate of drug-likeness (QED) is 0.684. The van der Waals surface area contributed by atoms with Crippen LogP contribution in [-0.4, -0.2) is 20.4 Å². The van der Waals surface area contributed by atoms with Gasteiger partial charge in [0.05, 0.1) is 6.54 Å². The zero-order valence-corrected chi connectivity index (χ0v) is 12.3. The zero-order chi connectivity index (χ0) is 13.9. The smallest absolute Gasteiger partial charge is 0.160 e. The average molecular weight is 306 g/mol. The van der Waals surface area contributed by atoms with Crippen molar-refractivity contribution in [2.45, 2.75) is 13.0 Å². The van der Waals surface area contributed by atoms with E-state index >= 15 is 0 Å². The molecule has 3 aromatic rings. The fraction of sp³-hybridized carbons (Fsp3) is 0.200. The summed E-state index contributed by atoms with van der Waals surface area (Å²) in [5, 5.41) is 0.739. The van der Waals surface area contributed by atoms with Gasteiger partial charge in [-0.2, -0.15) is 0 Å². The Hall–Kier alpha value is -1.58. The SMILES string of the molecule is ClCCc1nc2cccnc2n1Cc1ccc(Cl)cc1. The Bertz CT molecular complexity index is 720. The maximum Gasteiger partial charge on any atom is 0.160 e. The van der Waals surface area contributed by atoms with Crippen molar-refractivity contribution in [2.75, 3.05) is 5.88 Å². The average Bonchev–Trinajstić information content (AvgIpc) is 2.80. The van der Waals surface area contributed by atoms with Crippen LogP contribution in [0.25, 0.3) is 11.2 Å². The van der Waals surface area contributed by atoms with Crippen molar-refractivity contribution in [3.8, 4) is 0 Å². The van der Waals surface area contributed by atoms with Gasteiger partial charge in [0.2, 0.25) is 0 Å². The third-order valence-electron chi connectivity index (χ3n) is 3.15. The summed E-state index contributed by atoms with van der Waals surface area (Å²) in [4.78, 5) is 9.04. The van der Waals surface area contributed by atoms with E-state index in [1.165, 1.54) is 0 Å². The highest BCUT2D eigenvalue weighted by Gasteiger charge is 2.11. The summed E-state index contributed by atoms with van der Waals surface area (Å²) >= 11 is 11.8. The largest absolute Gasteiger partial charge is 0.308 e. The molecule has 5 heteroatoms. The molecule has 0 aliphatic heterocycles. The molecule has 20 heavy (non-hydrogen) atoms. The number of fused-ring (bicyclic) bond motifs is 1. The molecular formula is C15H13Cl2N3. The third kappa shape index (κ3) is 2.65. The first-order valence-electron chi connectivity index (χ1n) is 6.38. The number of pyridine rings is 1. The second-order valence-corrected chi connectivity index (χ2v) is 5.34. The van der Waals surface area contributed by atoms with E-state index in [1.807, 2.05) is 36.4 Å². The number of imidazole rings is 1. The van der Waals surface area contributed by atoms with Crippen molar-refractivity contribution < 1.29 is 0 Å². The molecule has 0 amide bonds. The second kappa shape index (κ2) is 5.81. The first-order valence-corrected chi connectivity index (χ1v) is 7.30. The number of rotatable bonds is 4. The van der Waals surface area contributed by atoms with Crippen LogP contribution in [0.15, 0.2) is 42.6 Å². The van der Waals surface area contributed by atoms with Crippen LogP contribution in [0, 0.1) is 0 Å². The fourth-order valence-corrected chi connectivity index (χ4v) is 2.51. The van der Waals surface area contributed by atoms with E-state index < -0.39 is 0 Å². The minimum Gasteiger partial charge on any atom is -0.308 e. The van der Waals surface area contributed by atoms with Gasteiger partial charge in [0, 0.05) is 23.5 Å². The van der Waals surface area contributed by atoms with E-state index in [9.17, 15) is 0 Å². The molecule has 2 aromatic heterocycles. The minimum atomic E-state index is 0.546. The lowest BCUT2D eigenvalue weighted by atomic mass is 10.2. The summed E-state index contributed by atoms with van der Waals surface area (Å²) in [5.74, 6) is 1.51. The lowest BCUT2D eigenvalue weighted by Crippen LogP contribution is -2.06. The number of nitrogens with zero attached hydrogens (tertiary/aromatic N) is 3. The van der Waals surface area contributed by atoms with E-state index in [0.29, 0.717) is 5.88 Å². The number of hydrogen-bond acceptors (Lipinski definition) is 2. The van der Waals surface area contributed by atoms with Crippen molar-refractivity contribution in [2.24, 2.45) is 0 Å². The van der Waals surface area contributed by atoms with Gasteiger partial charge in [-0.3, -0.25) is 0 Å². The van der Waals surface area contributed by atoms with E-state index in [4.69, 9.17) is 23.2 Å². The molecule has 1 aromatic carbocycles. The van der Waals surface area contributed by atoms with Crippen LogP contribution < -0.4 is 0 Å². The minimum absolute atomic E-state index is 0.546. The monoisotopic (exact) mass is 305 g/mol. The lowest BCUT2D eigenvalue weighted by molar-refractivity contribution is 0.748. The summed E-state index contributed by atoms with van der Waals surface area (Å²) in [6.45, 7) is 0.719. The maximum atomic E-state index is 5.92. The highest BCUT2D eigenvalue weighted by atomic mass is 35.5. The van der Waals surface area contributed by atoms with E-state index in [-0.39, 0.29) is 0 Å². The molecule has 0 atom stereocenters. The first kappa shape index (κ1) is 13.4. The Kier molecular flexibility index (Phi) is 3.90. The molecule has 2 heterocycles. The van der Waals surface area contributed by atoms with E-state index in [2.05, 4.69) is 14.5 Å². The molecule has 3 rings (SSSR count). The molecule has 102 valence electrons. The summed E-state index contributed by atoms with van der Waals surface area (Å²) in [5.41, 5.74) is 2.96. The lowest BCUT2D eigenvalue weighted by Gasteiger charge is -2.08. The normalized spacial score (nSPS) is 11.1. The van der Waals surface area contributed by atoms with Crippen LogP contribution >= 0.6 is 23.2 Å². The molecule has 0 bridgehead atoms. The zero-order valence-electron chi connectivity index (χ0n) is 10.8. The number of aromatic nitrogens is 3. The van der Waals surface area contributed by atoms with Crippen molar-refractivity contribution in [3.63, 3.8) is 0 Å². The Morgan fingerprint density at radius 1 is 1.10 bits per heavy atom. The van der Waals surface area contributed by atoms with Crippen molar-refractivity contribution >= 4 is 34.4 Å². The van der Waals surface area contributed by atoms with Gasteiger partial charge in [0.1, 0.15) is 11.3 Å². The molecule has 0 saturated heterocycles. The molecule has 3 nitrogen and oxygen atoms in total. The molecule has 0 aliphatic rings. The van der Waals surface area contributed by atoms with Gasteiger partial charge in [-0.1, -0.05) is 23.7 Å². The van der Waals surface area contributed by atoms with Gasteiger partial charge >= 0.3 is 0 Å². The van der Waals surface area contributed by atoms with Gasteiger partial charge in [0.15, 0.2) is 5.65 Å². The molecule has 0 spiro atoms. The number of halogens is 2.